The van der Waals surface area contributed by atoms with Gasteiger partial charge in [0.15, 0.2) is 8.32 Å². The van der Waals surface area contributed by atoms with E-state index >= 15 is 0 Å². The molecule has 7 heteroatoms. The molecule has 0 fully saturated rings. The van der Waals surface area contributed by atoms with Crippen molar-refractivity contribution in [2.24, 2.45) is 5.41 Å². The Hall–Kier alpha value is -1.96. The fourth-order valence-corrected chi connectivity index (χ4v) is 7.34. The molecule has 3 nitrogen and oxygen atoms in total. The summed E-state index contributed by atoms with van der Waals surface area (Å²) in [5, 5.41) is 12.0. The number of pyridine rings is 1. The minimum atomic E-state index is -4.43. The zero-order valence-electron chi connectivity index (χ0n) is 26.3. The van der Waals surface area contributed by atoms with Crippen LogP contribution in [0, 0.1) is 5.41 Å². The molecule has 1 N–H and O–H groups in total. The van der Waals surface area contributed by atoms with Crippen LogP contribution in [-0.4, -0.2) is 18.4 Å². The average Bonchev–Trinajstić information content (AvgIpc) is 2.85. The Bertz CT molecular complexity index is 1290. The zero-order chi connectivity index (χ0) is 30.5. The molecule has 0 saturated carbocycles. The number of nitrogens with zero attached hydrogens (tertiary/aromatic N) is 1. The molecule has 0 aliphatic heterocycles. The SMILES string of the molecule is CC(C)c1nc2c(c(C3=CCCCC3)c1[C@H](O)c1ccc(C(F)(F)F)cc1)C(O[Si](C)(C)C(C)(C)C)CC(C)(C)C2. The van der Waals surface area contributed by atoms with E-state index in [-0.39, 0.29) is 22.5 Å². The number of benzene rings is 1. The molecular formula is C34H48F3NO2Si. The van der Waals surface area contributed by atoms with Crippen LogP contribution < -0.4 is 0 Å². The molecule has 1 aromatic carbocycles. The molecule has 2 aliphatic carbocycles. The van der Waals surface area contributed by atoms with E-state index in [9.17, 15) is 18.3 Å². The van der Waals surface area contributed by atoms with Gasteiger partial charge in [0.25, 0.3) is 0 Å². The van der Waals surface area contributed by atoms with Gasteiger partial charge in [-0.25, -0.2) is 0 Å². The first-order valence-electron chi connectivity index (χ1n) is 15.1. The zero-order valence-corrected chi connectivity index (χ0v) is 27.3. The maximum Gasteiger partial charge on any atom is 0.416 e. The van der Waals surface area contributed by atoms with Crippen LogP contribution in [0.3, 0.4) is 0 Å². The van der Waals surface area contributed by atoms with Gasteiger partial charge in [-0.15, -0.1) is 0 Å². The number of aliphatic hydroxyl groups excluding tert-OH is 1. The van der Waals surface area contributed by atoms with Crippen LogP contribution in [0.4, 0.5) is 13.2 Å². The summed E-state index contributed by atoms with van der Waals surface area (Å²) >= 11 is 0. The lowest BCUT2D eigenvalue weighted by Crippen LogP contribution is -2.44. The summed E-state index contributed by atoms with van der Waals surface area (Å²) in [7, 11) is -2.18. The van der Waals surface area contributed by atoms with Crippen molar-refractivity contribution in [1.82, 2.24) is 4.98 Å². The monoisotopic (exact) mass is 587 g/mol. The van der Waals surface area contributed by atoms with Gasteiger partial charge in [-0.3, -0.25) is 4.98 Å². The Morgan fingerprint density at radius 1 is 1.05 bits per heavy atom. The molecule has 0 saturated heterocycles. The minimum Gasteiger partial charge on any atom is -0.410 e. The van der Waals surface area contributed by atoms with Crippen LogP contribution in [0.2, 0.25) is 18.1 Å². The van der Waals surface area contributed by atoms with Gasteiger partial charge in [0, 0.05) is 22.5 Å². The number of allylic oxidation sites excluding steroid dienone is 2. The third-order valence-corrected chi connectivity index (χ3v) is 13.8. The van der Waals surface area contributed by atoms with Crippen LogP contribution in [0.25, 0.3) is 5.57 Å². The number of aliphatic hydroxyl groups is 1. The lowest BCUT2D eigenvalue weighted by atomic mass is 9.70. The van der Waals surface area contributed by atoms with Crippen LogP contribution >= 0.6 is 0 Å². The highest BCUT2D eigenvalue weighted by molar-refractivity contribution is 6.74. The van der Waals surface area contributed by atoms with Gasteiger partial charge in [-0.1, -0.05) is 66.7 Å². The Morgan fingerprint density at radius 2 is 1.68 bits per heavy atom. The van der Waals surface area contributed by atoms with Gasteiger partial charge in [0.2, 0.25) is 0 Å². The van der Waals surface area contributed by atoms with E-state index in [1.807, 2.05) is 0 Å². The van der Waals surface area contributed by atoms with Crippen molar-refractivity contribution in [3.8, 4) is 0 Å². The van der Waals surface area contributed by atoms with Crippen molar-refractivity contribution >= 4 is 13.9 Å². The van der Waals surface area contributed by atoms with Gasteiger partial charge < -0.3 is 9.53 Å². The molecule has 0 bridgehead atoms. The van der Waals surface area contributed by atoms with Crippen LogP contribution in [0.5, 0.6) is 0 Å². The number of rotatable bonds is 6. The Labute approximate surface area is 245 Å². The van der Waals surface area contributed by atoms with Gasteiger partial charge in [-0.05, 0) is 96.8 Å². The maximum absolute atomic E-state index is 13.3. The largest absolute Gasteiger partial charge is 0.416 e. The predicted molar refractivity (Wildman–Crippen MR) is 163 cm³/mol. The van der Waals surface area contributed by atoms with Gasteiger partial charge in [0.1, 0.15) is 6.10 Å². The number of alkyl halides is 3. The summed E-state index contributed by atoms with van der Waals surface area (Å²) in [6.45, 7) is 20.0. The highest BCUT2D eigenvalue weighted by Crippen LogP contribution is 2.52. The molecule has 1 aromatic heterocycles. The van der Waals surface area contributed by atoms with Crippen LogP contribution in [-0.2, 0) is 17.0 Å². The number of hydrogen-bond acceptors (Lipinski definition) is 3. The second-order valence-electron chi connectivity index (χ2n) is 14.7. The van der Waals surface area contributed by atoms with Gasteiger partial charge in [0.05, 0.1) is 11.7 Å². The number of halogens is 3. The highest BCUT2D eigenvalue weighted by atomic mass is 28.4. The van der Waals surface area contributed by atoms with Crippen molar-refractivity contribution in [1.29, 1.82) is 0 Å². The first-order chi connectivity index (χ1) is 18.8. The van der Waals surface area contributed by atoms with Gasteiger partial charge >= 0.3 is 6.18 Å². The molecular weight excluding hydrogens is 539 g/mol. The Balaban J connectivity index is 2.01. The van der Waals surface area contributed by atoms with E-state index in [1.54, 1.807) is 0 Å². The first kappa shape index (κ1) is 32.0. The lowest BCUT2D eigenvalue weighted by molar-refractivity contribution is -0.137. The van der Waals surface area contributed by atoms with Crippen molar-refractivity contribution in [2.45, 2.75) is 129 Å². The van der Waals surface area contributed by atoms with E-state index in [4.69, 9.17) is 9.41 Å². The average molecular weight is 588 g/mol. The van der Waals surface area contributed by atoms with E-state index in [1.165, 1.54) is 17.7 Å². The van der Waals surface area contributed by atoms with E-state index in [2.05, 4.69) is 67.6 Å². The Kier molecular flexibility index (Phi) is 8.79. The summed E-state index contributed by atoms with van der Waals surface area (Å²) in [5.41, 5.74) is 5.64. The fraction of sp³-hybridized carbons (Fsp3) is 0.618. The van der Waals surface area contributed by atoms with Crippen molar-refractivity contribution in [3.63, 3.8) is 0 Å². The molecule has 0 amide bonds. The summed E-state index contributed by atoms with van der Waals surface area (Å²) in [6.07, 6.45) is 2.33. The van der Waals surface area contributed by atoms with E-state index in [0.29, 0.717) is 5.56 Å². The summed E-state index contributed by atoms with van der Waals surface area (Å²) in [6, 6.07) is 4.93. The van der Waals surface area contributed by atoms with E-state index in [0.717, 1.165) is 78.7 Å². The molecule has 2 aromatic rings. The topological polar surface area (TPSA) is 42.4 Å². The first-order valence-corrected chi connectivity index (χ1v) is 18.0. The maximum atomic E-state index is 13.3. The highest BCUT2D eigenvalue weighted by Gasteiger charge is 2.45. The molecule has 0 radical (unpaired) electrons. The molecule has 2 aliphatic rings. The summed E-state index contributed by atoms with van der Waals surface area (Å²) in [4.78, 5) is 5.28. The van der Waals surface area contributed by atoms with Crippen LogP contribution in [0.1, 0.15) is 138 Å². The second-order valence-corrected chi connectivity index (χ2v) is 19.5. The van der Waals surface area contributed by atoms with Crippen molar-refractivity contribution in [3.05, 3.63) is 69.5 Å². The number of hydrogen-bond donors (Lipinski definition) is 1. The van der Waals surface area contributed by atoms with Crippen LogP contribution in [0.15, 0.2) is 30.3 Å². The summed E-state index contributed by atoms with van der Waals surface area (Å²) < 4.78 is 47.2. The van der Waals surface area contributed by atoms with E-state index < -0.39 is 26.2 Å². The predicted octanol–water partition coefficient (Wildman–Crippen LogP) is 10.3. The second kappa shape index (κ2) is 11.3. The Morgan fingerprint density at radius 3 is 2.20 bits per heavy atom. The quantitative estimate of drug-likeness (QED) is 0.342. The minimum absolute atomic E-state index is 0.00689. The van der Waals surface area contributed by atoms with Gasteiger partial charge in [-0.2, -0.15) is 13.2 Å². The molecule has 4 rings (SSSR count). The number of aromatic nitrogens is 1. The molecule has 0 spiro atoms. The third kappa shape index (κ3) is 6.67. The fourth-order valence-electron chi connectivity index (χ4n) is 6.08. The smallest absolute Gasteiger partial charge is 0.410 e. The lowest BCUT2D eigenvalue weighted by Gasteiger charge is -2.45. The number of fused-ring (bicyclic) bond motifs is 1. The molecule has 1 heterocycles. The normalized spacial score (nSPS) is 20.5. The molecule has 2 atom stereocenters. The third-order valence-electron chi connectivity index (χ3n) is 9.32. The molecule has 226 valence electrons. The molecule has 1 unspecified atom stereocenters. The van der Waals surface area contributed by atoms with Crippen molar-refractivity contribution in [2.75, 3.05) is 0 Å². The molecule has 41 heavy (non-hydrogen) atoms. The standard InChI is InChI=1S/C34H48F3NO2Si/c1-21(2)30-29(31(39)23-15-17-24(18-16-23)34(35,36)37)27(22-13-11-10-12-14-22)28-25(38-30)19-33(6,7)20-26(28)40-41(8,9)32(3,4)5/h13,15-18,21,26,31,39H,10-12,14,19-20H2,1-9H3/t26?,31-/m1/s1. The van der Waals surface area contributed by atoms with Crippen molar-refractivity contribution < 1.29 is 22.7 Å². The summed E-state index contributed by atoms with van der Waals surface area (Å²) in [5.74, 6) is 0.0205.